The van der Waals surface area contributed by atoms with E-state index in [1.807, 2.05) is 6.07 Å². The zero-order valence-corrected chi connectivity index (χ0v) is 17.2. The molecule has 8 nitrogen and oxygen atoms in total. The van der Waals surface area contributed by atoms with Crippen LogP contribution >= 0.6 is 11.6 Å². The molecule has 1 atom stereocenters. The van der Waals surface area contributed by atoms with E-state index in [1.54, 1.807) is 31.2 Å². The summed E-state index contributed by atoms with van der Waals surface area (Å²) in [5.41, 5.74) is 1.48. The molecule has 0 saturated carbocycles. The number of rotatable bonds is 6. The minimum Gasteiger partial charge on any atom is -0.463 e. The number of hydrogen-bond donors (Lipinski definition) is 2. The number of nitriles is 1. The first-order valence-corrected chi connectivity index (χ1v) is 9.71. The number of nitrogens with one attached hydrogen (secondary N) is 2. The Hall–Kier alpha value is -3.83. The number of carbonyl (C=O) groups is 3. The number of benzene rings is 2. The van der Waals surface area contributed by atoms with Crippen LogP contribution < -0.4 is 10.6 Å². The number of halogens is 1. The maximum atomic E-state index is 12.7. The molecule has 0 aliphatic carbocycles. The van der Waals surface area contributed by atoms with Gasteiger partial charge in [-0.1, -0.05) is 23.7 Å². The summed E-state index contributed by atoms with van der Waals surface area (Å²) >= 11 is 5.94. The average molecular weight is 440 g/mol. The predicted octanol–water partition coefficient (Wildman–Crippen LogP) is 3.24. The molecule has 158 valence electrons. The lowest BCUT2D eigenvalue weighted by atomic mass is 9.95. The van der Waals surface area contributed by atoms with Crippen molar-refractivity contribution in [3.63, 3.8) is 0 Å². The van der Waals surface area contributed by atoms with Gasteiger partial charge in [-0.2, -0.15) is 5.26 Å². The standard InChI is InChI=1S/C22H18ClN3O5/c1-2-30-21(28)18-17(12-31-20(27)15-5-3-13(11-24)4-6-15)25-22(29)26-19(18)14-7-9-16(23)10-8-14/h3-10,19H,2,12H2,1H3,(H2,25,26,29). The Labute approximate surface area is 183 Å². The fourth-order valence-corrected chi connectivity index (χ4v) is 3.11. The predicted molar refractivity (Wildman–Crippen MR) is 111 cm³/mol. The minimum absolute atomic E-state index is 0.115. The highest BCUT2D eigenvalue weighted by Gasteiger charge is 2.34. The lowest BCUT2D eigenvalue weighted by Gasteiger charge is -2.29. The molecule has 0 aromatic heterocycles. The smallest absolute Gasteiger partial charge is 0.338 e. The number of urea groups is 1. The zero-order valence-electron chi connectivity index (χ0n) is 16.5. The Bertz CT molecular complexity index is 1070. The van der Waals surface area contributed by atoms with Gasteiger partial charge in [-0.25, -0.2) is 14.4 Å². The molecule has 2 amide bonds. The van der Waals surface area contributed by atoms with Gasteiger partial charge in [0.05, 0.1) is 41.1 Å². The van der Waals surface area contributed by atoms with Gasteiger partial charge in [0.15, 0.2) is 0 Å². The van der Waals surface area contributed by atoms with E-state index in [-0.39, 0.29) is 30.0 Å². The Balaban J connectivity index is 1.90. The van der Waals surface area contributed by atoms with E-state index >= 15 is 0 Å². The molecular weight excluding hydrogens is 422 g/mol. The maximum Gasteiger partial charge on any atom is 0.338 e. The van der Waals surface area contributed by atoms with Crippen LogP contribution in [0.25, 0.3) is 0 Å². The van der Waals surface area contributed by atoms with Crippen LogP contribution in [0.2, 0.25) is 5.02 Å². The van der Waals surface area contributed by atoms with Gasteiger partial charge in [-0.3, -0.25) is 0 Å². The van der Waals surface area contributed by atoms with Crippen molar-refractivity contribution in [3.8, 4) is 6.07 Å². The Morgan fingerprint density at radius 2 is 1.74 bits per heavy atom. The summed E-state index contributed by atoms with van der Waals surface area (Å²) in [6, 6.07) is 13.1. The normalized spacial score (nSPS) is 15.4. The highest BCUT2D eigenvalue weighted by molar-refractivity contribution is 6.30. The van der Waals surface area contributed by atoms with E-state index in [1.165, 1.54) is 24.3 Å². The third-order valence-electron chi connectivity index (χ3n) is 4.45. The highest BCUT2D eigenvalue weighted by atomic mass is 35.5. The third kappa shape index (κ3) is 5.21. The lowest BCUT2D eigenvalue weighted by molar-refractivity contribution is -0.139. The first kappa shape index (κ1) is 21.9. The van der Waals surface area contributed by atoms with Crippen molar-refractivity contribution < 1.29 is 23.9 Å². The number of esters is 2. The second-order valence-electron chi connectivity index (χ2n) is 6.46. The van der Waals surface area contributed by atoms with Crippen molar-refractivity contribution in [1.82, 2.24) is 10.6 Å². The molecule has 1 heterocycles. The molecular formula is C22H18ClN3O5. The number of nitrogens with zero attached hydrogens (tertiary/aromatic N) is 1. The average Bonchev–Trinajstić information content (AvgIpc) is 2.77. The molecule has 1 aliphatic rings. The minimum atomic E-state index is -0.811. The fraction of sp³-hybridized carbons (Fsp3) is 0.182. The summed E-state index contributed by atoms with van der Waals surface area (Å²) in [7, 11) is 0. The van der Waals surface area contributed by atoms with Crippen molar-refractivity contribution in [2.75, 3.05) is 13.2 Å². The number of amides is 2. The van der Waals surface area contributed by atoms with Gasteiger partial charge >= 0.3 is 18.0 Å². The van der Waals surface area contributed by atoms with E-state index in [0.717, 1.165) is 0 Å². The van der Waals surface area contributed by atoms with Crippen LogP contribution in [-0.4, -0.2) is 31.2 Å². The van der Waals surface area contributed by atoms with E-state index in [4.69, 9.17) is 26.3 Å². The molecule has 2 N–H and O–H groups in total. The summed E-state index contributed by atoms with van der Waals surface area (Å²) in [6.45, 7) is 1.43. The molecule has 0 fully saturated rings. The Kier molecular flexibility index (Phi) is 6.90. The number of carbonyl (C=O) groups excluding carboxylic acids is 3. The quantitative estimate of drug-likeness (QED) is 0.667. The van der Waals surface area contributed by atoms with Gasteiger partial charge in [-0.15, -0.1) is 0 Å². The molecule has 1 aliphatic heterocycles. The van der Waals surface area contributed by atoms with Gasteiger partial charge in [-0.05, 0) is 48.9 Å². The molecule has 1 unspecified atom stereocenters. The largest absolute Gasteiger partial charge is 0.463 e. The monoisotopic (exact) mass is 439 g/mol. The van der Waals surface area contributed by atoms with E-state index in [9.17, 15) is 14.4 Å². The second-order valence-corrected chi connectivity index (χ2v) is 6.90. The first-order chi connectivity index (χ1) is 14.9. The van der Waals surface area contributed by atoms with E-state index in [2.05, 4.69) is 10.6 Å². The molecule has 0 radical (unpaired) electrons. The summed E-state index contributed by atoms with van der Waals surface area (Å²) in [5.74, 6) is -1.32. The van der Waals surface area contributed by atoms with Crippen LogP contribution in [-0.2, 0) is 14.3 Å². The van der Waals surface area contributed by atoms with Crippen LogP contribution in [0.1, 0.15) is 34.5 Å². The SMILES string of the molecule is CCOC(=O)C1=C(COC(=O)c2ccc(C#N)cc2)NC(=O)NC1c1ccc(Cl)cc1. The summed E-state index contributed by atoms with van der Waals surface area (Å²) in [5, 5.41) is 14.6. The van der Waals surface area contributed by atoms with Crippen molar-refractivity contribution in [3.05, 3.63) is 81.5 Å². The molecule has 0 saturated heterocycles. The summed E-state index contributed by atoms with van der Waals surface area (Å²) in [4.78, 5) is 37.3. The molecule has 2 aromatic carbocycles. The fourth-order valence-electron chi connectivity index (χ4n) is 2.99. The van der Waals surface area contributed by atoms with Gasteiger partial charge in [0.1, 0.15) is 6.61 Å². The van der Waals surface area contributed by atoms with Gasteiger partial charge < -0.3 is 20.1 Å². The van der Waals surface area contributed by atoms with Crippen LogP contribution in [0.4, 0.5) is 4.79 Å². The zero-order chi connectivity index (χ0) is 22.4. The third-order valence-corrected chi connectivity index (χ3v) is 4.70. The first-order valence-electron chi connectivity index (χ1n) is 9.33. The van der Waals surface area contributed by atoms with Crippen molar-refractivity contribution in [2.45, 2.75) is 13.0 Å². The Morgan fingerprint density at radius 1 is 1.06 bits per heavy atom. The molecule has 31 heavy (non-hydrogen) atoms. The van der Waals surface area contributed by atoms with Gasteiger partial charge in [0.25, 0.3) is 0 Å². The van der Waals surface area contributed by atoms with Crippen LogP contribution in [0.3, 0.4) is 0 Å². The summed E-state index contributed by atoms with van der Waals surface area (Å²) in [6.07, 6.45) is 0. The molecule has 0 spiro atoms. The molecule has 9 heteroatoms. The van der Waals surface area contributed by atoms with Gasteiger partial charge in [0, 0.05) is 5.02 Å². The van der Waals surface area contributed by atoms with Crippen molar-refractivity contribution in [1.29, 1.82) is 5.26 Å². The molecule has 2 aromatic rings. The highest BCUT2D eigenvalue weighted by Crippen LogP contribution is 2.29. The van der Waals surface area contributed by atoms with E-state index in [0.29, 0.717) is 16.1 Å². The topological polar surface area (TPSA) is 118 Å². The molecule has 0 bridgehead atoms. The van der Waals surface area contributed by atoms with Crippen molar-refractivity contribution in [2.24, 2.45) is 0 Å². The summed E-state index contributed by atoms with van der Waals surface area (Å²) < 4.78 is 10.5. The van der Waals surface area contributed by atoms with Gasteiger partial charge in [0.2, 0.25) is 0 Å². The Morgan fingerprint density at radius 3 is 2.35 bits per heavy atom. The maximum absolute atomic E-state index is 12.7. The van der Waals surface area contributed by atoms with Crippen LogP contribution in [0.15, 0.2) is 59.8 Å². The second kappa shape index (κ2) is 9.78. The number of hydrogen-bond acceptors (Lipinski definition) is 6. The van der Waals surface area contributed by atoms with Crippen molar-refractivity contribution >= 4 is 29.6 Å². The van der Waals surface area contributed by atoms with Crippen LogP contribution in [0, 0.1) is 11.3 Å². The lowest BCUT2D eigenvalue weighted by Crippen LogP contribution is -2.47. The molecule has 3 rings (SSSR count). The van der Waals surface area contributed by atoms with Crippen LogP contribution in [0.5, 0.6) is 0 Å². The number of ether oxygens (including phenoxy) is 2. The van der Waals surface area contributed by atoms with E-state index < -0.39 is 24.0 Å².